The van der Waals surface area contributed by atoms with Crippen LogP contribution in [0.1, 0.15) is 10.4 Å². The zero-order valence-electron chi connectivity index (χ0n) is 12.9. The molecule has 22 heavy (non-hydrogen) atoms. The quantitative estimate of drug-likeness (QED) is 0.621. The highest BCUT2D eigenvalue weighted by Crippen LogP contribution is 2.17. The van der Waals surface area contributed by atoms with Crippen LogP contribution in [-0.4, -0.2) is 66.3 Å². The summed E-state index contributed by atoms with van der Waals surface area (Å²) in [5.41, 5.74) is 0.182. The zero-order chi connectivity index (χ0) is 16.6. The molecule has 0 saturated heterocycles. The summed E-state index contributed by atoms with van der Waals surface area (Å²) in [6.45, 7) is 0.925. The van der Waals surface area contributed by atoms with E-state index < -0.39 is 16.0 Å². The molecule has 0 aliphatic rings. The molecule has 0 aromatic heterocycles. The van der Waals surface area contributed by atoms with E-state index >= 15 is 0 Å². The van der Waals surface area contributed by atoms with Gasteiger partial charge in [-0.2, -0.15) is 4.31 Å². The monoisotopic (exact) mass is 331 g/mol. The maximum Gasteiger partial charge on any atom is 0.337 e. The van der Waals surface area contributed by atoms with Crippen LogP contribution in [0.25, 0.3) is 0 Å². The van der Waals surface area contributed by atoms with Crippen LogP contribution in [0.2, 0.25) is 0 Å². The van der Waals surface area contributed by atoms with Crippen molar-refractivity contribution in [3.05, 3.63) is 29.8 Å². The van der Waals surface area contributed by atoms with Gasteiger partial charge in [-0.05, 0) is 18.2 Å². The molecule has 0 saturated carbocycles. The molecule has 124 valence electrons. The molecule has 0 amide bonds. The highest BCUT2D eigenvalue weighted by atomic mass is 32.2. The average molecular weight is 331 g/mol. The van der Waals surface area contributed by atoms with Gasteiger partial charge < -0.3 is 14.2 Å². The Balaban J connectivity index is 3.09. The number of methoxy groups -OCH3 is 3. The Bertz CT molecular complexity index is 579. The molecular weight excluding hydrogens is 310 g/mol. The van der Waals surface area contributed by atoms with Crippen LogP contribution in [0.4, 0.5) is 0 Å². The molecule has 0 atom stereocenters. The predicted molar refractivity (Wildman–Crippen MR) is 80.3 cm³/mol. The number of hydrogen-bond donors (Lipinski definition) is 0. The van der Waals surface area contributed by atoms with Crippen LogP contribution in [0.3, 0.4) is 0 Å². The molecule has 0 aliphatic carbocycles. The summed E-state index contributed by atoms with van der Waals surface area (Å²) >= 11 is 0. The number of carbonyl (C=O) groups excluding carboxylic acids is 1. The van der Waals surface area contributed by atoms with E-state index in [9.17, 15) is 13.2 Å². The summed E-state index contributed by atoms with van der Waals surface area (Å²) in [5, 5.41) is 0. The number of carbonyl (C=O) groups is 1. The van der Waals surface area contributed by atoms with Gasteiger partial charge in [0.15, 0.2) is 0 Å². The zero-order valence-corrected chi connectivity index (χ0v) is 13.8. The number of nitrogens with zero attached hydrogens (tertiary/aromatic N) is 1. The molecule has 0 aliphatic heterocycles. The molecule has 0 radical (unpaired) electrons. The fraction of sp³-hybridized carbons (Fsp3) is 0.500. The molecule has 0 heterocycles. The van der Waals surface area contributed by atoms with E-state index in [0.29, 0.717) is 0 Å². The lowest BCUT2D eigenvalue weighted by Crippen LogP contribution is -2.36. The highest BCUT2D eigenvalue weighted by molar-refractivity contribution is 7.89. The third kappa shape index (κ3) is 4.77. The van der Waals surface area contributed by atoms with E-state index in [2.05, 4.69) is 4.74 Å². The number of sulfonamides is 1. The lowest BCUT2D eigenvalue weighted by atomic mass is 10.2. The van der Waals surface area contributed by atoms with Crippen molar-refractivity contribution in [2.24, 2.45) is 0 Å². The van der Waals surface area contributed by atoms with Crippen LogP contribution in [0.15, 0.2) is 29.2 Å². The van der Waals surface area contributed by atoms with Gasteiger partial charge in [0.25, 0.3) is 0 Å². The predicted octanol–water partition coefficient (Wildman–Crippen LogP) is 0.757. The topological polar surface area (TPSA) is 82.1 Å². The Kier molecular flexibility index (Phi) is 7.46. The number of rotatable bonds is 9. The van der Waals surface area contributed by atoms with E-state index in [0.717, 1.165) is 0 Å². The summed E-state index contributed by atoms with van der Waals surface area (Å²) in [6.07, 6.45) is 0. The van der Waals surface area contributed by atoms with E-state index in [1.807, 2.05) is 0 Å². The Labute approximate surface area is 130 Å². The van der Waals surface area contributed by atoms with Gasteiger partial charge in [0.05, 0.1) is 30.8 Å². The molecule has 1 aromatic carbocycles. The van der Waals surface area contributed by atoms with Gasteiger partial charge in [0.1, 0.15) is 0 Å². The first-order valence-corrected chi connectivity index (χ1v) is 8.07. The van der Waals surface area contributed by atoms with Crippen molar-refractivity contribution >= 4 is 16.0 Å². The second-order valence-corrected chi connectivity index (χ2v) is 6.35. The van der Waals surface area contributed by atoms with E-state index in [4.69, 9.17) is 9.47 Å². The minimum Gasteiger partial charge on any atom is -0.465 e. The van der Waals surface area contributed by atoms with Crippen LogP contribution in [0, 0.1) is 0 Å². The van der Waals surface area contributed by atoms with Crippen molar-refractivity contribution in [1.29, 1.82) is 0 Å². The van der Waals surface area contributed by atoms with Crippen molar-refractivity contribution in [2.45, 2.75) is 4.90 Å². The Morgan fingerprint density at radius 3 is 2.18 bits per heavy atom. The summed E-state index contributed by atoms with van der Waals surface area (Å²) in [7, 11) is 0.497. The Morgan fingerprint density at radius 2 is 1.68 bits per heavy atom. The number of esters is 1. The average Bonchev–Trinajstić information content (AvgIpc) is 2.54. The van der Waals surface area contributed by atoms with E-state index in [1.165, 1.54) is 49.9 Å². The van der Waals surface area contributed by atoms with Crippen LogP contribution >= 0.6 is 0 Å². The van der Waals surface area contributed by atoms with E-state index in [-0.39, 0.29) is 36.8 Å². The Hall–Kier alpha value is -1.48. The van der Waals surface area contributed by atoms with Gasteiger partial charge in [-0.1, -0.05) is 6.07 Å². The molecule has 0 bridgehead atoms. The first-order chi connectivity index (χ1) is 10.5. The summed E-state index contributed by atoms with van der Waals surface area (Å²) in [6, 6.07) is 5.74. The molecule has 8 heteroatoms. The molecule has 0 unspecified atom stereocenters. The highest BCUT2D eigenvalue weighted by Gasteiger charge is 2.24. The summed E-state index contributed by atoms with van der Waals surface area (Å²) in [5.74, 6) is -0.586. The summed E-state index contributed by atoms with van der Waals surface area (Å²) < 4.78 is 41.1. The standard InChI is InChI=1S/C14H21NO6S/c1-19-9-7-15(8-10-20-2)22(17,18)13-6-4-5-12(11-13)14(16)21-3/h4-6,11H,7-10H2,1-3H3. The molecule has 0 N–H and O–H groups in total. The third-order valence-corrected chi connectivity index (χ3v) is 4.88. The maximum absolute atomic E-state index is 12.7. The maximum atomic E-state index is 12.7. The van der Waals surface area contributed by atoms with Gasteiger partial charge in [-0.25, -0.2) is 13.2 Å². The SMILES string of the molecule is COCCN(CCOC)S(=O)(=O)c1cccc(C(=O)OC)c1. The largest absolute Gasteiger partial charge is 0.465 e. The lowest BCUT2D eigenvalue weighted by molar-refractivity contribution is 0.0600. The molecule has 1 rings (SSSR count). The Morgan fingerprint density at radius 1 is 1.09 bits per heavy atom. The normalized spacial score (nSPS) is 11.6. The second-order valence-electron chi connectivity index (χ2n) is 4.41. The lowest BCUT2D eigenvalue weighted by Gasteiger charge is -2.21. The first kappa shape index (κ1) is 18.6. The van der Waals surface area contributed by atoms with Gasteiger partial charge in [0.2, 0.25) is 10.0 Å². The number of ether oxygens (including phenoxy) is 3. The minimum absolute atomic E-state index is 0.0302. The molecule has 1 aromatic rings. The summed E-state index contributed by atoms with van der Waals surface area (Å²) in [4.78, 5) is 11.6. The number of benzene rings is 1. The number of hydrogen-bond acceptors (Lipinski definition) is 6. The van der Waals surface area contributed by atoms with Gasteiger partial charge >= 0.3 is 5.97 Å². The fourth-order valence-corrected chi connectivity index (χ4v) is 3.24. The van der Waals surface area contributed by atoms with Crippen molar-refractivity contribution in [3.63, 3.8) is 0 Å². The van der Waals surface area contributed by atoms with Gasteiger partial charge in [-0.3, -0.25) is 0 Å². The second kappa shape index (κ2) is 8.84. The third-order valence-electron chi connectivity index (χ3n) is 2.98. The van der Waals surface area contributed by atoms with Crippen LogP contribution < -0.4 is 0 Å². The van der Waals surface area contributed by atoms with Gasteiger partial charge in [-0.15, -0.1) is 0 Å². The molecule has 0 spiro atoms. The minimum atomic E-state index is -3.74. The molecule has 0 fully saturated rings. The first-order valence-electron chi connectivity index (χ1n) is 6.63. The van der Waals surface area contributed by atoms with Crippen molar-refractivity contribution in [1.82, 2.24) is 4.31 Å². The molecular formula is C14H21NO6S. The van der Waals surface area contributed by atoms with Crippen LogP contribution in [-0.2, 0) is 24.2 Å². The fourth-order valence-electron chi connectivity index (χ4n) is 1.79. The van der Waals surface area contributed by atoms with Crippen LogP contribution in [0.5, 0.6) is 0 Å². The molecule has 7 nitrogen and oxygen atoms in total. The van der Waals surface area contributed by atoms with Crippen molar-refractivity contribution < 1.29 is 27.4 Å². The smallest absolute Gasteiger partial charge is 0.337 e. The van der Waals surface area contributed by atoms with Crippen molar-refractivity contribution in [2.75, 3.05) is 47.6 Å². The van der Waals surface area contributed by atoms with Gasteiger partial charge in [0, 0.05) is 27.3 Å². The van der Waals surface area contributed by atoms with Crippen molar-refractivity contribution in [3.8, 4) is 0 Å². The van der Waals surface area contributed by atoms with E-state index in [1.54, 1.807) is 0 Å².